The van der Waals surface area contributed by atoms with Crippen molar-refractivity contribution < 1.29 is 9.18 Å². The Morgan fingerprint density at radius 1 is 0.939 bits per heavy atom. The van der Waals surface area contributed by atoms with Crippen LogP contribution in [-0.2, 0) is 7.05 Å². The van der Waals surface area contributed by atoms with E-state index in [1.54, 1.807) is 36.1 Å². The van der Waals surface area contributed by atoms with Crippen LogP contribution in [0.25, 0.3) is 28.2 Å². The highest BCUT2D eigenvalue weighted by Gasteiger charge is 2.14. The fraction of sp³-hybridized carbons (Fsp3) is 0.120. The molecule has 33 heavy (non-hydrogen) atoms. The van der Waals surface area contributed by atoms with Crippen molar-refractivity contribution in [2.45, 2.75) is 13.8 Å². The van der Waals surface area contributed by atoms with Gasteiger partial charge in [0.1, 0.15) is 11.6 Å². The molecule has 3 heterocycles. The summed E-state index contributed by atoms with van der Waals surface area (Å²) in [6.07, 6.45) is 3.52. The number of anilines is 1. The monoisotopic (exact) mass is 440 g/mol. The molecule has 164 valence electrons. The zero-order valence-electron chi connectivity index (χ0n) is 18.4. The Balaban J connectivity index is 1.51. The number of nitrogens with zero attached hydrogens (tertiary/aromatic N) is 5. The quantitative estimate of drug-likeness (QED) is 0.435. The first-order valence-electron chi connectivity index (χ1n) is 10.4. The van der Waals surface area contributed by atoms with Gasteiger partial charge in [-0.3, -0.25) is 13.9 Å². The van der Waals surface area contributed by atoms with Crippen molar-refractivity contribution in [3.05, 3.63) is 89.5 Å². The summed E-state index contributed by atoms with van der Waals surface area (Å²) in [5, 5.41) is 15.6. The summed E-state index contributed by atoms with van der Waals surface area (Å²) < 4.78 is 17.0. The second-order valence-corrected chi connectivity index (χ2v) is 7.95. The van der Waals surface area contributed by atoms with E-state index in [4.69, 9.17) is 0 Å². The third-order valence-corrected chi connectivity index (χ3v) is 5.71. The number of halogens is 1. The lowest BCUT2D eigenvalue weighted by atomic mass is 9.98. The molecule has 8 heteroatoms. The number of rotatable bonds is 4. The van der Waals surface area contributed by atoms with Gasteiger partial charge >= 0.3 is 0 Å². The SMILES string of the molecule is Cc1ccc(C(=O)Nc2ccnn2C)cc1-c1ccn2c(-c3ccc(F)cc3C)nnc2c1. The molecule has 0 unspecified atom stereocenters. The van der Waals surface area contributed by atoms with Gasteiger partial charge in [0.15, 0.2) is 11.5 Å². The number of pyridine rings is 1. The van der Waals surface area contributed by atoms with Gasteiger partial charge in [-0.2, -0.15) is 5.10 Å². The summed E-state index contributed by atoms with van der Waals surface area (Å²) in [6.45, 7) is 3.85. The number of hydrogen-bond donors (Lipinski definition) is 1. The Morgan fingerprint density at radius 3 is 2.55 bits per heavy atom. The first kappa shape index (κ1) is 20.6. The van der Waals surface area contributed by atoms with Gasteiger partial charge in [0.25, 0.3) is 5.91 Å². The second-order valence-electron chi connectivity index (χ2n) is 7.95. The van der Waals surface area contributed by atoms with Crippen molar-refractivity contribution in [1.82, 2.24) is 24.4 Å². The van der Waals surface area contributed by atoms with Crippen LogP contribution in [0.5, 0.6) is 0 Å². The van der Waals surface area contributed by atoms with E-state index in [0.717, 1.165) is 27.8 Å². The van der Waals surface area contributed by atoms with Crippen molar-refractivity contribution in [2.24, 2.45) is 7.05 Å². The molecule has 0 saturated carbocycles. The van der Waals surface area contributed by atoms with Gasteiger partial charge in [0.05, 0.1) is 6.20 Å². The van der Waals surface area contributed by atoms with Gasteiger partial charge < -0.3 is 5.32 Å². The molecule has 0 saturated heterocycles. The average molecular weight is 440 g/mol. The molecule has 0 aliphatic heterocycles. The molecule has 0 fully saturated rings. The first-order chi connectivity index (χ1) is 15.9. The Morgan fingerprint density at radius 2 is 1.79 bits per heavy atom. The van der Waals surface area contributed by atoms with Crippen molar-refractivity contribution >= 4 is 17.4 Å². The number of amides is 1. The molecule has 2 aromatic carbocycles. The molecule has 0 aliphatic rings. The number of aromatic nitrogens is 5. The molecular weight excluding hydrogens is 419 g/mol. The van der Waals surface area contributed by atoms with Crippen LogP contribution in [0.4, 0.5) is 10.2 Å². The summed E-state index contributed by atoms with van der Waals surface area (Å²) in [5.41, 5.74) is 5.70. The van der Waals surface area contributed by atoms with E-state index in [2.05, 4.69) is 20.6 Å². The zero-order valence-corrected chi connectivity index (χ0v) is 18.4. The summed E-state index contributed by atoms with van der Waals surface area (Å²) in [5.74, 6) is 0.776. The van der Waals surface area contributed by atoms with Gasteiger partial charge in [-0.05, 0) is 78.6 Å². The number of benzene rings is 2. The first-order valence-corrected chi connectivity index (χ1v) is 10.4. The minimum atomic E-state index is -0.282. The predicted octanol–water partition coefficient (Wildman–Crippen LogP) is 4.81. The van der Waals surface area contributed by atoms with Gasteiger partial charge in [-0.1, -0.05) is 6.07 Å². The topological polar surface area (TPSA) is 77.1 Å². The maximum absolute atomic E-state index is 13.5. The third kappa shape index (κ3) is 3.76. The summed E-state index contributed by atoms with van der Waals surface area (Å²) >= 11 is 0. The smallest absolute Gasteiger partial charge is 0.256 e. The van der Waals surface area contributed by atoms with E-state index in [9.17, 15) is 9.18 Å². The molecule has 7 nitrogen and oxygen atoms in total. The minimum absolute atomic E-state index is 0.211. The maximum atomic E-state index is 13.5. The van der Waals surface area contributed by atoms with Crippen LogP contribution in [0.15, 0.2) is 67.0 Å². The standard InChI is InChI=1S/C25H21FN6O/c1-15-4-5-18(25(33)28-22-8-10-27-31(22)3)13-21(15)17-9-11-32-23(14-17)29-30-24(32)20-7-6-19(26)12-16(20)2/h4-14H,1-3H3,(H,28,33). The van der Waals surface area contributed by atoms with Gasteiger partial charge in [-0.15, -0.1) is 10.2 Å². The van der Waals surface area contributed by atoms with E-state index in [0.29, 0.717) is 22.9 Å². The van der Waals surface area contributed by atoms with Gasteiger partial charge in [0, 0.05) is 30.4 Å². The molecular formula is C25H21FN6O. The van der Waals surface area contributed by atoms with Gasteiger partial charge in [-0.25, -0.2) is 4.39 Å². The highest BCUT2D eigenvalue weighted by atomic mass is 19.1. The van der Waals surface area contributed by atoms with Crippen LogP contribution < -0.4 is 5.32 Å². The van der Waals surface area contributed by atoms with Crippen molar-refractivity contribution in [3.63, 3.8) is 0 Å². The fourth-order valence-electron chi connectivity index (χ4n) is 3.88. The molecule has 1 amide bonds. The van der Waals surface area contributed by atoms with Crippen molar-refractivity contribution in [2.75, 3.05) is 5.32 Å². The largest absolute Gasteiger partial charge is 0.307 e. The fourth-order valence-corrected chi connectivity index (χ4v) is 3.88. The average Bonchev–Trinajstić information content (AvgIpc) is 3.39. The lowest BCUT2D eigenvalue weighted by molar-refractivity contribution is 0.102. The van der Waals surface area contributed by atoms with E-state index < -0.39 is 0 Å². The third-order valence-electron chi connectivity index (χ3n) is 5.71. The van der Waals surface area contributed by atoms with Crippen LogP contribution >= 0.6 is 0 Å². The molecule has 0 radical (unpaired) electrons. The van der Waals surface area contributed by atoms with Crippen LogP contribution in [0.2, 0.25) is 0 Å². The predicted molar refractivity (Wildman–Crippen MR) is 124 cm³/mol. The molecule has 3 aromatic heterocycles. The second kappa shape index (κ2) is 7.98. The number of fused-ring (bicyclic) bond motifs is 1. The van der Waals surface area contributed by atoms with E-state index in [-0.39, 0.29) is 11.7 Å². The number of carbonyl (C=O) groups excluding carboxylic acids is 1. The minimum Gasteiger partial charge on any atom is -0.307 e. The number of nitrogens with one attached hydrogen (secondary N) is 1. The highest BCUT2D eigenvalue weighted by Crippen LogP contribution is 2.28. The van der Waals surface area contributed by atoms with Crippen LogP contribution in [0, 0.1) is 19.7 Å². The summed E-state index contributed by atoms with van der Waals surface area (Å²) in [4.78, 5) is 12.8. The Kier molecular flexibility index (Phi) is 4.97. The Bertz CT molecular complexity index is 1520. The molecule has 5 rings (SSSR count). The van der Waals surface area contributed by atoms with Crippen LogP contribution in [-0.4, -0.2) is 30.3 Å². The molecule has 0 bridgehead atoms. The van der Waals surface area contributed by atoms with E-state index in [1.807, 2.05) is 48.7 Å². The highest BCUT2D eigenvalue weighted by molar-refractivity contribution is 6.04. The molecule has 5 aromatic rings. The molecule has 0 atom stereocenters. The lowest BCUT2D eigenvalue weighted by Gasteiger charge is -2.11. The van der Waals surface area contributed by atoms with Crippen LogP contribution in [0.3, 0.4) is 0 Å². The van der Waals surface area contributed by atoms with Gasteiger partial charge in [0.2, 0.25) is 0 Å². The number of hydrogen-bond acceptors (Lipinski definition) is 4. The zero-order chi connectivity index (χ0) is 23.1. The molecule has 0 aliphatic carbocycles. The van der Waals surface area contributed by atoms with E-state index in [1.165, 1.54) is 12.1 Å². The normalized spacial score (nSPS) is 11.2. The Labute approximate surface area is 189 Å². The van der Waals surface area contributed by atoms with Crippen molar-refractivity contribution in [3.8, 4) is 22.5 Å². The summed E-state index contributed by atoms with van der Waals surface area (Å²) in [6, 6.07) is 15.8. The molecule has 0 spiro atoms. The summed E-state index contributed by atoms with van der Waals surface area (Å²) in [7, 11) is 1.77. The molecule has 1 N–H and O–H groups in total. The number of aryl methyl sites for hydroxylation is 3. The number of carbonyl (C=O) groups is 1. The van der Waals surface area contributed by atoms with Crippen LogP contribution in [0.1, 0.15) is 21.5 Å². The lowest BCUT2D eigenvalue weighted by Crippen LogP contribution is -2.14. The van der Waals surface area contributed by atoms with E-state index >= 15 is 0 Å². The Hall–Kier alpha value is -4.33. The maximum Gasteiger partial charge on any atom is 0.256 e. The van der Waals surface area contributed by atoms with Crippen molar-refractivity contribution in [1.29, 1.82) is 0 Å².